The Morgan fingerprint density at radius 1 is 1.29 bits per heavy atom. The van der Waals surface area contributed by atoms with E-state index < -0.39 is 11.7 Å². The summed E-state index contributed by atoms with van der Waals surface area (Å²) in [5.74, 6) is 1.15. The fourth-order valence-electron chi connectivity index (χ4n) is 3.24. The highest BCUT2D eigenvalue weighted by Crippen LogP contribution is 2.50. The molecule has 1 aromatic carbocycles. The summed E-state index contributed by atoms with van der Waals surface area (Å²) in [6.45, 7) is 2.38. The Balaban J connectivity index is 2.19. The molecule has 0 bridgehead atoms. The number of fused-ring (bicyclic) bond motifs is 1. The summed E-state index contributed by atoms with van der Waals surface area (Å²) in [4.78, 5) is 15.0. The van der Waals surface area contributed by atoms with Crippen molar-refractivity contribution < 1.29 is 18.7 Å². The van der Waals surface area contributed by atoms with Gasteiger partial charge < -0.3 is 9.47 Å². The Labute approximate surface area is 123 Å². The van der Waals surface area contributed by atoms with E-state index in [9.17, 15) is 9.18 Å². The van der Waals surface area contributed by atoms with Crippen LogP contribution in [0.3, 0.4) is 0 Å². The summed E-state index contributed by atoms with van der Waals surface area (Å²) in [5, 5.41) is 0. The summed E-state index contributed by atoms with van der Waals surface area (Å²) in [7, 11) is 0. The molecule has 0 amide bonds. The molecule has 1 heterocycles. The van der Waals surface area contributed by atoms with E-state index in [1.54, 1.807) is 18.2 Å². The predicted octanol–water partition coefficient (Wildman–Crippen LogP) is 3.59. The number of hydrogen-bond donors (Lipinski definition) is 0. The largest absolute Gasteiger partial charge is 0.486 e. The van der Waals surface area contributed by atoms with E-state index in [1.165, 1.54) is 6.92 Å². The molecule has 0 aromatic heterocycles. The Kier molecular flexibility index (Phi) is 3.68. The second-order valence-electron chi connectivity index (χ2n) is 5.65. The first-order valence-electron chi connectivity index (χ1n) is 7.33. The number of ether oxygens (including phenoxy) is 2. The van der Waals surface area contributed by atoms with Crippen LogP contribution in [-0.4, -0.2) is 19.3 Å². The molecule has 1 unspecified atom stereocenters. The highest BCUT2D eigenvalue weighted by molar-refractivity contribution is 5.55. The van der Waals surface area contributed by atoms with E-state index in [2.05, 4.69) is 4.99 Å². The van der Waals surface area contributed by atoms with Gasteiger partial charge in [-0.3, -0.25) is 0 Å². The second kappa shape index (κ2) is 5.49. The SMILES string of the molecule is CC(F)c1cc2c(c(C3(N=C=O)CCCC3)c1)OCCO2. The standard InChI is InChI=1S/C16H18FNO3/c1-11(17)12-8-13(15-14(9-12)20-6-7-21-15)16(18-10-19)4-2-3-5-16/h8-9,11H,2-7H2,1H3. The molecule has 112 valence electrons. The van der Waals surface area contributed by atoms with Crippen LogP contribution in [0.1, 0.15) is 49.9 Å². The van der Waals surface area contributed by atoms with Gasteiger partial charge in [0, 0.05) is 5.56 Å². The Morgan fingerprint density at radius 3 is 2.67 bits per heavy atom. The van der Waals surface area contributed by atoms with Crippen LogP contribution in [-0.2, 0) is 10.3 Å². The molecule has 1 fully saturated rings. The maximum absolute atomic E-state index is 13.8. The molecule has 2 aliphatic rings. The van der Waals surface area contributed by atoms with E-state index in [0.29, 0.717) is 30.3 Å². The highest BCUT2D eigenvalue weighted by atomic mass is 19.1. The lowest BCUT2D eigenvalue weighted by Crippen LogP contribution is -2.24. The third-order valence-corrected chi connectivity index (χ3v) is 4.32. The topological polar surface area (TPSA) is 47.9 Å². The summed E-state index contributed by atoms with van der Waals surface area (Å²) in [6, 6.07) is 3.44. The van der Waals surface area contributed by atoms with Gasteiger partial charge in [-0.2, -0.15) is 4.99 Å². The zero-order valence-corrected chi connectivity index (χ0v) is 12.0. The molecule has 0 N–H and O–H groups in total. The number of aliphatic imine (C=N–C) groups is 1. The molecule has 1 aliphatic carbocycles. The van der Waals surface area contributed by atoms with Gasteiger partial charge in [0.25, 0.3) is 0 Å². The molecule has 4 nitrogen and oxygen atoms in total. The van der Waals surface area contributed by atoms with Crippen LogP contribution in [0.2, 0.25) is 0 Å². The molecule has 0 saturated heterocycles. The molecule has 3 rings (SSSR count). The van der Waals surface area contributed by atoms with Crippen molar-refractivity contribution in [2.45, 2.75) is 44.3 Å². The molecular weight excluding hydrogens is 273 g/mol. The molecular formula is C16H18FNO3. The van der Waals surface area contributed by atoms with Gasteiger partial charge in [0.05, 0.1) is 0 Å². The molecule has 1 aromatic rings. The van der Waals surface area contributed by atoms with Crippen LogP contribution in [0.15, 0.2) is 17.1 Å². The number of carbonyl (C=O) groups excluding carboxylic acids is 1. The van der Waals surface area contributed by atoms with Crippen molar-refractivity contribution in [3.05, 3.63) is 23.3 Å². The quantitative estimate of drug-likeness (QED) is 0.631. The lowest BCUT2D eigenvalue weighted by molar-refractivity contribution is 0.166. The van der Waals surface area contributed by atoms with Gasteiger partial charge >= 0.3 is 0 Å². The minimum Gasteiger partial charge on any atom is -0.486 e. The monoisotopic (exact) mass is 291 g/mol. The number of hydrogen-bond acceptors (Lipinski definition) is 4. The number of isocyanates is 1. The first-order chi connectivity index (χ1) is 10.2. The number of benzene rings is 1. The Morgan fingerprint density at radius 2 is 2.00 bits per heavy atom. The Bertz CT molecular complexity index is 587. The number of nitrogens with zero attached hydrogens (tertiary/aromatic N) is 1. The van der Waals surface area contributed by atoms with Gasteiger partial charge in [-0.25, -0.2) is 9.18 Å². The van der Waals surface area contributed by atoms with Crippen molar-refractivity contribution in [2.24, 2.45) is 4.99 Å². The summed E-state index contributed by atoms with van der Waals surface area (Å²) in [5.41, 5.74) is 0.652. The van der Waals surface area contributed by atoms with Gasteiger partial charge in [-0.05, 0) is 37.5 Å². The zero-order chi connectivity index (χ0) is 14.9. The van der Waals surface area contributed by atoms with Crippen LogP contribution in [0, 0.1) is 0 Å². The van der Waals surface area contributed by atoms with Gasteiger partial charge in [-0.15, -0.1) is 0 Å². The molecule has 5 heteroatoms. The third-order valence-electron chi connectivity index (χ3n) is 4.32. The van der Waals surface area contributed by atoms with Gasteiger partial charge in [-0.1, -0.05) is 12.8 Å². The average Bonchev–Trinajstić information content (AvgIpc) is 2.96. The molecule has 1 aliphatic heterocycles. The summed E-state index contributed by atoms with van der Waals surface area (Å²) in [6.07, 6.45) is 4.05. The van der Waals surface area contributed by atoms with Crippen LogP contribution in [0.25, 0.3) is 0 Å². The third kappa shape index (κ3) is 2.42. The maximum atomic E-state index is 13.8. The molecule has 1 atom stereocenters. The van der Waals surface area contributed by atoms with Crippen molar-refractivity contribution in [1.82, 2.24) is 0 Å². The van der Waals surface area contributed by atoms with Gasteiger partial charge in [0.15, 0.2) is 11.5 Å². The predicted molar refractivity (Wildman–Crippen MR) is 75.2 cm³/mol. The first-order valence-corrected chi connectivity index (χ1v) is 7.33. The first kappa shape index (κ1) is 14.1. The summed E-state index contributed by atoms with van der Waals surface area (Å²) < 4.78 is 25.1. The fraction of sp³-hybridized carbons (Fsp3) is 0.562. The molecule has 0 spiro atoms. The fourth-order valence-corrected chi connectivity index (χ4v) is 3.24. The lowest BCUT2D eigenvalue weighted by atomic mass is 9.86. The van der Waals surface area contributed by atoms with Crippen molar-refractivity contribution >= 4 is 6.08 Å². The van der Waals surface area contributed by atoms with E-state index in [-0.39, 0.29) is 0 Å². The number of halogens is 1. The van der Waals surface area contributed by atoms with Gasteiger partial charge in [0.2, 0.25) is 6.08 Å². The van der Waals surface area contributed by atoms with E-state index in [4.69, 9.17) is 9.47 Å². The van der Waals surface area contributed by atoms with Gasteiger partial charge in [0.1, 0.15) is 24.9 Å². The molecule has 1 saturated carbocycles. The van der Waals surface area contributed by atoms with Crippen molar-refractivity contribution in [1.29, 1.82) is 0 Å². The van der Waals surface area contributed by atoms with Crippen LogP contribution in [0.5, 0.6) is 11.5 Å². The number of alkyl halides is 1. The van der Waals surface area contributed by atoms with E-state index >= 15 is 0 Å². The minimum absolute atomic E-state index is 0.445. The molecule has 21 heavy (non-hydrogen) atoms. The Hall–Kier alpha value is -1.87. The van der Waals surface area contributed by atoms with E-state index in [0.717, 1.165) is 31.2 Å². The average molecular weight is 291 g/mol. The maximum Gasteiger partial charge on any atom is 0.235 e. The van der Waals surface area contributed by atoms with Crippen molar-refractivity contribution in [3.63, 3.8) is 0 Å². The normalized spacial score (nSPS) is 20.7. The minimum atomic E-state index is -1.11. The van der Waals surface area contributed by atoms with Crippen LogP contribution < -0.4 is 9.47 Å². The van der Waals surface area contributed by atoms with E-state index in [1.807, 2.05) is 0 Å². The zero-order valence-electron chi connectivity index (χ0n) is 12.0. The smallest absolute Gasteiger partial charge is 0.235 e. The lowest BCUT2D eigenvalue weighted by Gasteiger charge is -2.30. The van der Waals surface area contributed by atoms with Crippen molar-refractivity contribution in [3.8, 4) is 11.5 Å². The summed E-state index contributed by atoms with van der Waals surface area (Å²) >= 11 is 0. The van der Waals surface area contributed by atoms with Crippen LogP contribution >= 0.6 is 0 Å². The highest BCUT2D eigenvalue weighted by Gasteiger charge is 2.40. The molecule has 0 radical (unpaired) electrons. The number of rotatable bonds is 3. The van der Waals surface area contributed by atoms with Crippen molar-refractivity contribution in [2.75, 3.05) is 13.2 Å². The second-order valence-corrected chi connectivity index (χ2v) is 5.65. The van der Waals surface area contributed by atoms with Crippen LogP contribution in [0.4, 0.5) is 4.39 Å².